The van der Waals surface area contributed by atoms with Crippen molar-refractivity contribution >= 4 is 17.1 Å². The molecule has 0 fully saturated rings. The summed E-state index contributed by atoms with van der Waals surface area (Å²) < 4.78 is 19.7. The quantitative estimate of drug-likeness (QED) is 0.298. The number of hydrogen-bond acceptors (Lipinski definition) is 3. The molecule has 23 heavy (non-hydrogen) atoms. The van der Waals surface area contributed by atoms with E-state index in [4.69, 9.17) is 13.0 Å². The van der Waals surface area contributed by atoms with Crippen LogP contribution in [0.1, 0.15) is 80.1 Å². The molecule has 0 aromatic carbocycles. The molecule has 3 nitrogen and oxygen atoms in total. The predicted octanol–water partition coefficient (Wildman–Crippen LogP) is 6.38. The highest BCUT2D eigenvalue weighted by atomic mass is 28.5. The Morgan fingerprint density at radius 2 is 0.913 bits per heavy atom. The van der Waals surface area contributed by atoms with Crippen LogP contribution in [0, 0.1) is 0 Å². The Morgan fingerprint density at radius 3 is 1.22 bits per heavy atom. The minimum atomic E-state index is -2.52. The van der Waals surface area contributed by atoms with Gasteiger partial charge in [0.15, 0.2) is 8.32 Å². The molecule has 0 atom stereocenters. The van der Waals surface area contributed by atoms with Crippen LogP contribution < -0.4 is 0 Å². The molecule has 0 spiro atoms. The van der Waals surface area contributed by atoms with Gasteiger partial charge < -0.3 is 13.0 Å². The molecule has 0 aliphatic heterocycles. The SMILES string of the molecule is CCCO[Si](CCC)(OCCC)O[Si](CCC)(CCC)CCC. The van der Waals surface area contributed by atoms with Gasteiger partial charge in [0.05, 0.1) is 0 Å². The van der Waals surface area contributed by atoms with Gasteiger partial charge in [-0.1, -0.05) is 67.2 Å². The summed E-state index contributed by atoms with van der Waals surface area (Å²) in [5.41, 5.74) is 0. The van der Waals surface area contributed by atoms with Crippen LogP contribution in [0.5, 0.6) is 0 Å². The maximum absolute atomic E-state index is 7.02. The van der Waals surface area contributed by atoms with E-state index in [-0.39, 0.29) is 0 Å². The second-order valence-electron chi connectivity index (χ2n) is 6.67. The molecule has 140 valence electrons. The summed E-state index contributed by atoms with van der Waals surface area (Å²) in [6.07, 6.45) is 6.77. The average Bonchev–Trinajstić information content (AvgIpc) is 2.52. The molecule has 0 aliphatic rings. The largest absolute Gasteiger partial charge is 0.490 e. The van der Waals surface area contributed by atoms with Crippen molar-refractivity contribution in [3.8, 4) is 0 Å². The molecule has 0 radical (unpaired) electrons. The Morgan fingerprint density at radius 1 is 0.522 bits per heavy atom. The van der Waals surface area contributed by atoms with Crippen molar-refractivity contribution < 1.29 is 13.0 Å². The lowest BCUT2D eigenvalue weighted by atomic mass is 10.5. The summed E-state index contributed by atoms with van der Waals surface area (Å²) in [6, 6.07) is 4.72. The monoisotopic (exact) mass is 362 g/mol. The van der Waals surface area contributed by atoms with Crippen LogP contribution in [0.25, 0.3) is 0 Å². The molecule has 0 N–H and O–H groups in total. The van der Waals surface area contributed by atoms with E-state index in [9.17, 15) is 0 Å². The normalized spacial score (nSPS) is 12.8. The Hall–Kier alpha value is 0.314. The summed E-state index contributed by atoms with van der Waals surface area (Å²) in [6.45, 7) is 15.0. The van der Waals surface area contributed by atoms with E-state index in [0.717, 1.165) is 38.5 Å². The third kappa shape index (κ3) is 8.82. The van der Waals surface area contributed by atoms with Gasteiger partial charge in [0, 0.05) is 19.3 Å². The maximum Gasteiger partial charge on any atom is 0.490 e. The Bertz CT molecular complexity index is 250. The van der Waals surface area contributed by atoms with Gasteiger partial charge in [-0.3, -0.25) is 0 Å². The van der Waals surface area contributed by atoms with Crippen molar-refractivity contribution in [1.29, 1.82) is 0 Å². The van der Waals surface area contributed by atoms with E-state index in [1.54, 1.807) is 0 Å². The zero-order valence-electron chi connectivity index (χ0n) is 16.7. The van der Waals surface area contributed by atoms with Gasteiger partial charge >= 0.3 is 8.80 Å². The molecule has 0 unspecified atom stereocenters. The summed E-state index contributed by atoms with van der Waals surface area (Å²) in [7, 11) is -4.28. The van der Waals surface area contributed by atoms with Gasteiger partial charge in [-0.2, -0.15) is 0 Å². The molecule has 0 bridgehead atoms. The van der Waals surface area contributed by atoms with Crippen LogP contribution in [-0.2, 0) is 13.0 Å². The smallest absolute Gasteiger partial charge is 0.415 e. The average molecular weight is 363 g/mol. The Labute approximate surface area is 148 Å². The third-order valence-corrected chi connectivity index (χ3v) is 13.7. The number of rotatable bonds is 16. The summed E-state index contributed by atoms with van der Waals surface area (Å²) in [5.74, 6) is 0. The van der Waals surface area contributed by atoms with Crippen LogP contribution in [0.15, 0.2) is 0 Å². The van der Waals surface area contributed by atoms with Gasteiger partial charge in [0.25, 0.3) is 0 Å². The fraction of sp³-hybridized carbons (Fsp3) is 1.00. The standard InChI is InChI=1S/C18H42O3Si2/c1-7-13-19-23(18-12-6,20-14-8-2)21-22(15-9-3,16-10-4)17-11-5/h7-18H2,1-6H3. The lowest BCUT2D eigenvalue weighted by Gasteiger charge is -2.40. The van der Waals surface area contributed by atoms with E-state index in [0.29, 0.717) is 0 Å². The second kappa shape index (κ2) is 13.6. The molecule has 0 rings (SSSR count). The van der Waals surface area contributed by atoms with Gasteiger partial charge in [0.1, 0.15) is 0 Å². The minimum absolute atomic E-state index is 0.769. The Balaban J connectivity index is 5.40. The first-order valence-electron chi connectivity index (χ1n) is 10.1. The van der Waals surface area contributed by atoms with Crippen LogP contribution in [0.3, 0.4) is 0 Å². The predicted molar refractivity (Wildman–Crippen MR) is 105 cm³/mol. The van der Waals surface area contributed by atoms with Crippen molar-refractivity contribution in [1.82, 2.24) is 0 Å². The summed E-state index contributed by atoms with van der Waals surface area (Å²) in [5, 5.41) is 0. The minimum Gasteiger partial charge on any atom is -0.415 e. The summed E-state index contributed by atoms with van der Waals surface area (Å²) in [4.78, 5) is 0. The molecule has 0 aromatic heterocycles. The van der Waals surface area contributed by atoms with E-state index < -0.39 is 17.1 Å². The fourth-order valence-electron chi connectivity index (χ4n) is 3.34. The number of hydrogen-bond donors (Lipinski definition) is 0. The van der Waals surface area contributed by atoms with E-state index in [2.05, 4.69) is 41.5 Å². The van der Waals surface area contributed by atoms with Crippen molar-refractivity contribution in [2.24, 2.45) is 0 Å². The highest BCUT2D eigenvalue weighted by Crippen LogP contribution is 2.33. The highest BCUT2D eigenvalue weighted by Gasteiger charge is 2.48. The molecule has 0 heterocycles. The first-order chi connectivity index (χ1) is 11.1. The second-order valence-corrected chi connectivity index (χ2v) is 13.8. The van der Waals surface area contributed by atoms with Crippen LogP contribution in [-0.4, -0.2) is 30.3 Å². The van der Waals surface area contributed by atoms with Crippen molar-refractivity contribution in [2.45, 2.75) is 104 Å². The molecular formula is C18H42O3Si2. The van der Waals surface area contributed by atoms with Gasteiger partial charge in [-0.05, 0) is 31.0 Å². The Kier molecular flexibility index (Phi) is 13.8. The van der Waals surface area contributed by atoms with Gasteiger partial charge in [-0.15, -0.1) is 0 Å². The zero-order chi connectivity index (χ0) is 17.6. The first kappa shape index (κ1) is 23.3. The van der Waals surface area contributed by atoms with Crippen molar-refractivity contribution in [3.63, 3.8) is 0 Å². The molecule has 0 saturated carbocycles. The molecule has 0 amide bonds. The van der Waals surface area contributed by atoms with Gasteiger partial charge in [-0.25, -0.2) is 0 Å². The third-order valence-electron chi connectivity index (χ3n) is 4.10. The zero-order valence-corrected chi connectivity index (χ0v) is 18.7. The lowest BCUT2D eigenvalue weighted by Crippen LogP contribution is -2.55. The van der Waals surface area contributed by atoms with E-state index in [1.165, 1.54) is 37.4 Å². The molecule has 0 saturated heterocycles. The topological polar surface area (TPSA) is 27.7 Å². The lowest BCUT2D eigenvalue weighted by molar-refractivity contribution is 0.101. The van der Waals surface area contributed by atoms with Crippen LogP contribution >= 0.6 is 0 Å². The molecule has 0 aliphatic carbocycles. The van der Waals surface area contributed by atoms with Crippen LogP contribution in [0.2, 0.25) is 24.2 Å². The first-order valence-corrected chi connectivity index (χ1v) is 14.5. The summed E-state index contributed by atoms with van der Waals surface area (Å²) >= 11 is 0. The van der Waals surface area contributed by atoms with Crippen molar-refractivity contribution in [3.05, 3.63) is 0 Å². The van der Waals surface area contributed by atoms with Crippen molar-refractivity contribution in [2.75, 3.05) is 13.2 Å². The molecule has 5 heteroatoms. The maximum atomic E-state index is 7.02. The van der Waals surface area contributed by atoms with E-state index in [1.807, 2.05) is 0 Å². The molecular weight excluding hydrogens is 320 g/mol. The van der Waals surface area contributed by atoms with Gasteiger partial charge in [0.2, 0.25) is 0 Å². The fourth-order valence-corrected chi connectivity index (χ4v) is 13.6. The molecule has 0 aromatic rings. The van der Waals surface area contributed by atoms with E-state index >= 15 is 0 Å². The highest BCUT2D eigenvalue weighted by molar-refractivity contribution is 6.82. The van der Waals surface area contributed by atoms with Crippen LogP contribution in [0.4, 0.5) is 0 Å².